The van der Waals surface area contributed by atoms with Gasteiger partial charge in [-0.15, -0.1) is 0 Å². The molecule has 1 aliphatic carbocycles. The van der Waals surface area contributed by atoms with Crippen molar-refractivity contribution in [1.29, 1.82) is 0 Å². The van der Waals surface area contributed by atoms with Gasteiger partial charge >= 0.3 is 0 Å². The van der Waals surface area contributed by atoms with Gasteiger partial charge in [0.2, 0.25) is 6.41 Å². The van der Waals surface area contributed by atoms with E-state index in [1.54, 1.807) is 18.3 Å². The van der Waals surface area contributed by atoms with E-state index < -0.39 is 5.82 Å². The summed E-state index contributed by atoms with van der Waals surface area (Å²) in [5, 5.41) is 16.6. The molecule has 0 saturated heterocycles. The molecule has 0 spiro atoms. The maximum absolute atomic E-state index is 12.7. The number of H-pyrrole nitrogens is 1. The van der Waals surface area contributed by atoms with E-state index in [0.717, 1.165) is 46.5 Å². The number of hydrogen-bond acceptors (Lipinski definition) is 7. The molecule has 182 valence electrons. The highest BCUT2D eigenvalue weighted by Gasteiger charge is 2.29. The van der Waals surface area contributed by atoms with Crippen LogP contribution in [0.3, 0.4) is 0 Å². The third-order valence-corrected chi connectivity index (χ3v) is 5.56. The standard InChI is InChI=1S/C14H19N5.C10H9FN4O/c1-8-4-11(5-8)14-15-9(2)6-12(17-14)16-13-7-10(3)18-19-13;11-9-5-14-15(6-9)10-2-1-8(4-13-10)3-12-7-16/h6-8,11H,4-5H2,1-3H3,(H2,15,16,17,18,19);1-2,4-7H,3H2,(H,12,16). The molecule has 4 heterocycles. The van der Waals surface area contributed by atoms with Gasteiger partial charge < -0.3 is 10.6 Å². The molecule has 4 aromatic heterocycles. The van der Waals surface area contributed by atoms with E-state index in [2.05, 4.69) is 47.8 Å². The summed E-state index contributed by atoms with van der Waals surface area (Å²) in [6, 6.07) is 7.41. The average Bonchev–Trinajstić information content (AvgIpc) is 3.43. The quantitative estimate of drug-likeness (QED) is 0.346. The number of pyridine rings is 1. The lowest BCUT2D eigenvalue weighted by molar-refractivity contribution is -0.109. The molecule has 4 aromatic rings. The first-order valence-electron chi connectivity index (χ1n) is 11.4. The van der Waals surface area contributed by atoms with Crippen LogP contribution < -0.4 is 10.6 Å². The fourth-order valence-electron chi connectivity index (χ4n) is 3.81. The van der Waals surface area contributed by atoms with E-state index >= 15 is 0 Å². The van der Waals surface area contributed by atoms with Crippen molar-refractivity contribution >= 4 is 18.0 Å². The van der Waals surface area contributed by atoms with Crippen LogP contribution in [0.4, 0.5) is 16.0 Å². The monoisotopic (exact) mass is 477 g/mol. The molecule has 3 N–H and O–H groups in total. The number of carbonyl (C=O) groups is 1. The molecule has 0 atom stereocenters. The molecule has 0 bridgehead atoms. The molecule has 10 nitrogen and oxygen atoms in total. The molecule has 1 saturated carbocycles. The van der Waals surface area contributed by atoms with Gasteiger partial charge in [-0.05, 0) is 44.2 Å². The first kappa shape index (κ1) is 24.0. The van der Waals surface area contributed by atoms with Crippen LogP contribution in [0, 0.1) is 25.6 Å². The summed E-state index contributed by atoms with van der Waals surface area (Å²) in [5.41, 5.74) is 2.89. The molecule has 1 fully saturated rings. The van der Waals surface area contributed by atoms with E-state index in [4.69, 9.17) is 0 Å². The van der Waals surface area contributed by atoms with Crippen molar-refractivity contribution in [1.82, 2.24) is 40.2 Å². The summed E-state index contributed by atoms with van der Waals surface area (Å²) in [4.78, 5) is 23.4. The predicted octanol–water partition coefficient (Wildman–Crippen LogP) is 3.73. The van der Waals surface area contributed by atoms with Crippen molar-refractivity contribution < 1.29 is 9.18 Å². The summed E-state index contributed by atoms with van der Waals surface area (Å²) in [7, 11) is 0. The first-order chi connectivity index (χ1) is 16.9. The van der Waals surface area contributed by atoms with Gasteiger partial charge in [0.05, 0.1) is 12.4 Å². The fraction of sp³-hybridized carbons (Fsp3) is 0.333. The van der Waals surface area contributed by atoms with E-state index in [0.29, 0.717) is 24.7 Å². The third kappa shape index (κ3) is 6.46. The second kappa shape index (κ2) is 10.9. The van der Waals surface area contributed by atoms with Crippen LogP contribution >= 0.6 is 0 Å². The Hall–Kier alpha value is -4.15. The van der Waals surface area contributed by atoms with Gasteiger partial charge in [-0.3, -0.25) is 9.89 Å². The third-order valence-electron chi connectivity index (χ3n) is 5.56. The number of nitrogens with one attached hydrogen (secondary N) is 3. The molecule has 11 heteroatoms. The van der Waals surface area contributed by atoms with Gasteiger partial charge in [0.25, 0.3) is 0 Å². The van der Waals surface area contributed by atoms with Crippen LogP contribution in [0.5, 0.6) is 0 Å². The molecule has 0 aromatic carbocycles. The van der Waals surface area contributed by atoms with Crippen molar-refractivity contribution in [3.8, 4) is 5.82 Å². The Balaban J connectivity index is 0.000000168. The summed E-state index contributed by atoms with van der Waals surface area (Å²) >= 11 is 0. The summed E-state index contributed by atoms with van der Waals surface area (Å²) in [6.07, 6.45) is 6.98. The molecular formula is C24H28FN9O. The zero-order valence-electron chi connectivity index (χ0n) is 19.9. The minimum atomic E-state index is -0.409. The van der Waals surface area contributed by atoms with Crippen LogP contribution in [0.2, 0.25) is 0 Å². The van der Waals surface area contributed by atoms with Gasteiger partial charge in [0.1, 0.15) is 11.6 Å². The average molecular weight is 478 g/mol. The topological polar surface area (TPSA) is 126 Å². The Bertz CT molecular complexity index is 1260. The largest absolute Gasteiger partial charge is 0.355 e. The molecule has 0 unspecified atom stereocenters. The Morgan fingerprint density at radius 3 is 2.60 bits per heavy atom. The zero-order chi connectivity index (χ0) is 24.8. The Morgan fingerprint density at radius 2 is 2.00 bits per heavy atom. The zero-order valence-corrected chi connectivity index (χ0v) is 19.9. The predicted molar refractivity (Wildman–Crippen MR) is 129 cm³/mol. The maximum atomic E-state index is 12.7. The molecule has 1 aliphatic rings. The van der Waals surface area contributed by atoms with Crippen molar-refractivity contribution in [3.05, 3.63) is 71.4 Å². The van der Waals surface area contributed by atoms with Crippen molar-refractivity contribution in [2.75, 3.05) is 5.32 Å². The number of rotatable bonds is 7. The summed E-state index contributed by atoms with van der Waals surface area (Å²) in [5.74, 6) is 4.04. The molecule has 0 aliphatic heterocycles. The molecule has 0 radical (unpaired) electrons. The number of nitrogens with zero attached hydrogens (tertiary/aromatic N) is 6. The maximum Gasteiger partial charge on any atom is 0.207 e. The highest BCUT2D eigenvalue weighted by atomic mass is 19.1. The van der Waals surface area contributed by atoms with Gasteiger partial charge in [-0.2, -0.15) is 10.2 Å². The summed E-state index contributed by atoms with van der Waals surface area (Å²) in [6.45, 7) is 6.68. The van der Waals surface area contributed by atoms with Crippen molar-refractivity contribution in [3.63, 3.8) is 0 Å². The number of carbonyl (C=O) groups excluding carboxylic acids is 1. The van der Waals surface area contributed by atoms with Crippen LogP contribution in [0.1, 0.15) is 48.5 Å². The number of hydrogen-bond donors (Lipinski definition) is 3. The highest BCUT2D eigenvalue weighted by Crippen LogP contribution is 2.40. The Kier molecular flexibility index (Phi) is 7.44. The minimum absolute atomic E-state index is 0.409. The molecule has 5 rings (SSSR count). The number of anilines is 2. The number of amides is 1. The minimum Gasteiger partial charge on any atom is -0.355 e. The molecule has 1 amide bonds. The van der Waals surface area contributed by atoms with E-state index in [9.17, 15) is 9.18 Å². The lowest BCUT2D eigenvalue weighted by atomic mass is 9.75. The van der Waals surface area contributed by atoms with Crippen molar-refractivity contribution in [2.45, 2.75) is 46.1 Å². The van der Waals surface area contributed by atoms with Gasteiger partial charge in [0, 0.05) is 42.2 Å². The number of aromatic nitrogens is 7. The second-order valence-corrected chi connectivity index (χ2v) is 8.71. The van der Waals surface area contributed by atoms with Gasteiger partial charge in [-0.1, -0.05) is 13.0 Å². The van der Waals surface area contributed by atoms with E-state index in [1.807, 2.05) is 26.0 Å². The van der Waals surface area contributed by atoms with E-state index in [1.165, 1.54) is 23.7 Å². The number of aromatic amines is 1. The lowest BCUT2D eigenvalue weighted by Crippen LogP contribution is -2.21. The van der Waals surface area contributed by atoms with Gasteiger partial charge in [-0.25, -0.2) is 24.0 Å². The lowest BCUT2D eigenvalue weighted by Gasteiger charge is -2.31. The Morgan fingerprint density at radius 1 is 1.17 bits per heavy atom. The fourth-order valence-corrected chi connectivity index (χ4v) is 3.81. The van der Waals surface area contributed by atoms with Crippen LogP contribution in [-0.2, 0) is 11.3 Å². The molecular weight excluding hydrogens is 449 g/mol. The molecule has 35 heavy (non-hydrogen) atoms. The normalized spacial score (nSPS) is 16.6. The van der Waals surface area contributed by atoms with Crippen LogP contribution in [0.15, 0.2) is 42.9 Å². The highest BCUT2D eigenvalue weighted by molar-refractivity contribution is 5.52. The first-order valence-corrected chi connectivity index (χ1v) is 11.4. The van der Waals surface area contributed by atoms with Gasteiger partial charge in [0.15, 0.2) is 17.5 Å². The van der Waals surface area contributed by atoms with Crippen molar-refractivity contribution in [2.24, 2.45) is 5.92 Å². The smallest absolute Gasteiger partial charge is 0.207 e. The SMILES string of the molecule is Cc1cc(Nc2cc(C)[nH]n2)nc(C2CC(C)C2)n1.O=CNCc1ccc(-n2cc(F)cn2)nc1. The van der Waals surface area contributed by atoms with Crippen LogP contribution in [0.25, 0.3) is 5.82 Å². The number of halogens is 1. The van der Waals surface area contributed by atoms with Crippen LogP contribution in [-0.4, -0.2) is 41.3 Å². The summed E-state index contributed by atoms with van der Waals surface area (Å²) < 4.78 is 14.0. The number of aryl methyl sites for hydroxylation is 2. The second-order valence-electron chi connectivity index (χ2n) is 8.71. The van der Waals surface area contributed by atoms with E-state index in [-0.39, 0.29) is 0 Å². The Labute approximate surface area is 202 Å².